The van der Waals surface area contributed by atoms with E-state index in [4.69, 9.17) is 0 Å². The number of hydrogen-bond acceptors (Lipinski definition) is 2. The Bertz CT molecular complexity index is 156. The van der Waals surface area contributed by atoms with Crippen LogP contribution in [0.4, 0.5) is 0 Å². The van der Waals surface area contributed by atoms with Gasteiger partial charge in [-0.05, 0) is 18.9 Å². The van der Waals surface area contributed by atoms with Crippen LogP contribution >= 0.6 is 0 Å². The van der Waals surface area contributed by atoms with Crippen molar-refractivity contribution in [3.8, 4) is 0 Å². The second-order valence-corrected chi connectivity index (χ2v) is 1.97. The van der Waals surface area contributed by atoms with Crippen molar-refractivity contribution < 1.29 is 9.90 Å². The van der Waals surface area contributed by atoms with Gasteiger partial charge < -0.3 is 5.11 Å². The molecule has 0 N–H and O–H groups in total. The van der Waals surface area contributed by atoms with Crippen molar-refractivity contribution in [1.29, 1.82) is 0 Å². The van der Waals surface area contributed by atoms with Crippen molar-refractivity contribution in [3.05, 3.63) is 11.3 Å². The first kappa shape index (κ1) is 5.35. The number of rotatable bonds is 0. The molecule has 0 saturated heterocycles. The third-order valence-electron chi connectivity index (χ3n) is 1.42. The Morgan fingerprint density at radius 2 is 2.12 bits per heavy atom. The highest BCUT2D eigenvalue weighted by Crippen LogP contribution is 2.16. The van der Waals surface area contributed by atoms with Gasteiger partial charge in [-0.25, -0.2) is 0 Å². The van der Waals surface area contributed by atoms with E-state index in [9.17, 15) is 9.90 Å². The largest absolute Gasteiger partial charge is 0.875 e. The Kier molecular flexibility index (Phi) is 1.08. The van der Waals surface area contributed by atoms with Gasteiger partial charge in [-0.3, -0.25) is 4.79 Å². The van der Waals surface area contributed by atoms with Gasteiger partial charge in [0.1, 0.15) is 0 Å². The predicted octanol–water partition coefficient (Wildman–Crippen LogP) is -0.0164. The fraction of sp³-hybridized carbons (Fsp3) is 0.500. The summed E-state index contributed by atoms with van der Waals surface area (Å²) < 4.78 is 0. The zero-order chi connectivity index (χ0) is 6.15. The summed E-state index contributed by atoms with van der Waals surface area (Å²) in [4.78, 5) is 10.5. The maximum Gasteiger partial charge on any atom is 0.157 e. The lowest BCUT2D eigenvalue weighted by Crippen LogP contribution is -2.01. The number of Topliss-reactive ketones (excluding diaryl/α,β-unsaturated/α-hetero) is 1. The van der Waals surface area contributed by atoms with Crippen LogP contribution in [0.15, 0.2) is 11.3 Å². The zero-order valence-corrected chi connectivity index (χ0v) is 4.73. The molecule has 44 valence electrons. The van der Waals surface area contributed by atoms with Crippen molar-refractivity contribution in [1.82, 2.24) is 0 Å². The van der Waals surface area contributed by atoms with E-state index in [-0.39, 0.29) is 11.5 Å². The number of carbonyl (C=O) groups is 1. The van der Waals surface area contributed by atoms with Crippen LogP contribution in [0.3, 0.4) is 0 Å². The summed E-state index contributed by atoms with van der Waals surface area (Å²) in [6.45, 7) is 1.59. The van der Waals surface area contributed by atoms with Gasteiger partial charge in [0.2, 0.25) is 0 Å². The second-order valence-electron chi connectivity index (χ2n) is 1.97. The first-order valence-electron chi connectivity index (χ1n) is 2.62. The molecule has 0 unspecified atom stereocenters. The zero-order valence-electron chi connectivity index (χ0n) is 4.73. The second kappa shape index (κ2) is 1.62. The highest BCUT2D eigenvalue weighted by atomic mass is 16.3. The minimum Gasteiger partial charge on any atom is -0.875 e. The Balaban J connectivity index is 2.86. The van der Waals surface area contributed by atoms with E-state index in [1.807, 2.05) is 0 Å². The van der Waals surface area contributed by atoms with E-state index < -0.39 is 0 Å². The van der Waals surface area contributed by atoms with Crippen LogP contribution in [0.2, 0.25) is 0 Å². The lowest BCUT2D eigenvalue weighted by Gasteiger charge is -2.03. The van der Waals surface area contributed by atoms with Gasteiger partial charge in [0.15, 0.2) is 5.78 Å². The molecule has 0 heterocycles. The molecule has 0 amide bonds. The molecule has 0 radical (unpaired) electrons. The summed E-state index contributed by atoms with van der Waals surface area (Å²) in [6.07, 6.45) is 0.870. The summed E-state index contributed by atoms with van der Waals surface area (Å²) in [6, 6.07) is 0. The summed E-state index contributed by atoms with van der Waals surface area (Å²) >= 11 is 0. The maximum absolute atomic E-state index is 10.5. The molecular formula is C6H7O2-. The van der Waals surface area contributed by atoms with Gasteiger partial charge >= 0.3 is 0 Å². The third kappa shape index (κ3) is 0.619. The first-order valence-corrected chi connectivity index (χ1v) is 2.62. The molecule has 0 saturated carbocycles. The fourth-order valence-electron chi connectivity index (χ4n) is 0.758. The van der Waals surface area contributed by atoms with E-state index in [0.717, 1.165) is 0 Å². The van der Waals surface area contributed by atoms with Gasteiger partial charge in [-0.2, -0.15) is 0 Å². The predicted molar refractivity (Wildman–Crippen MR) is 26.9 cm³/mol. The van der Waals surface area contributed by atoms with Gasteiger partial charge in [-0.15, -0.1) is 5.76 Å². The van der Waals surface area contributed by atoms with Gasteiger partial charge in [0.25, 0.3) is 0 Å². The molecule has 0 aromatic heterocycles. The lowest BCUT2D eigenvalue weighted by atomic mass is 10.2. The van der Waals surface area contributed by atoms with Gasteiger partial charge in [0.05, 0.1) is 0 Å². The highest BCUT2D eigenvalue weighted by molar-refractivity contribution is 5.97. The van der Waals surface area contributed by atoms with Crippen LogP contribution in [0.25, 0.3) is 0 Å². The molecule has 2 heteroatoms. The normalized spacial score (nSPS) is 20.4. The van der Waals surface area contributed by atoms with E-state index in [2.05, 4.69) is 0 Å². The Hall–Kier alpha value is -0.790. The lowest BCUT2D eigenvalue weighted by molar-refractivity contribution is -0.306. The molecule has 0 aliphatic heterocycles. The average molecular weight is 111 g/mol. The van der Waals surface area contributed by atoms with E-state index >= 15 is 0 Å². The highest BCUT2D eigenvalue weighted by Gasteiger charge is 2.11. The molecule has 0 aromatic carbocycles. The van der Waals surface area contributed by atoms with Crippen molar-refractivity contribution in [2.24, 2.45) is 0 Å². The number of allylic oxidation sites excluding steroid dienone is 2. The quantitative estimate of drug-likeness (QED) is 0.441. The minimum atomic E-state index is 0.0231. The molecular weight excluding hydrogens is 104 g/mol. The molecule has 0 aromatic rings. The number of carbonyl (C=O) groups excluding carboxylic acids is 1. The minimum absolute atomic E-state index is 0.0231. The van der Waals surface area contributed by atoms with Crippen LogP contribution in [0.5, 0.6) is 0 Å². The van der Waals surface area contributed by atoms with E-state index in [0.29, 0.717) is 18.4 Å². The molecule has 0 bridgehead atoms. The molecule has 1 aliphatic rings. The molecule has 1 rings (SSSR count). The van der Waals surface area contributed by atoms with Crippen LogP contribution < -0.4 is 5.11 Å². The summed E-state index contributed by atoms with van der Waals surface area (Å²) in [5, 5.41) is 10.5. The molecule has 0 atom stereocenters. The van der Waals surface area contributed by atoms with Crippen molar-refractivity contribution in [2.45, 2.75) is 19.8 Å². The Morgan fingerprint density at radius 1 is 1.50 bits per heavy atom. The number of ketones is 1. The smallest absolute Gasteiger partial charge is 0.157 e. The van der Waals surface area contributed by atoms with Crippen LogP contribution in [-0.4, -0.2) is 5.78 Å². The van der Waals surface area contributed by atoms with Gasteiger partial charge in [0, 0.05) is 6.42 Å². The van der Waals surface area contributed by atoms with E-state index in [1.54, 1.807) is 6.92 Å². The summed E-state index contributed by atoms with van der Waals surface area (Å²) in [7, 11) is 0. The van der Waals surface area contributed by atoms with Gasteiger partial charge in [-0.1, -0.05) is 0 Å². The summed E-state index contributed by atoms with van der Waals surface area (Å²) in [5.41, 5.74) is 0.435. The standard InChI is InChI=1S/C6H8O2/c1-4-5(7)2-3-6(4)8/h7H,2-3H2,1H3/p-1. The monoisotopic (exact) mass is 111 g/mol. The van der Waals surface area contributed by atoms with Crippen LogP contribution in [0.1, 0.15) is 19.8 Å². The molecule has 0 spiro atoms. The third-order valence-corrected chi connectivity index (χ3v) is 1.42. The van der Waals surface area contributed by atoms with Crippen LogP contribution in [0, 0.1) is 0 Å². The fourth-order valence-corrected chi connectivity index (χ4v) is 0.758. The molecule has 2 nitrogen and oxygen atoms in total. The molecule has 0 fully saturated rings. The first-order chi connectivity index (χ1) is 3.72. The molecule has 8 heavy (non-hydrogen) atoms. The Morgan fingerprint density at radius 3 is 2.25 bits per heavy atom. The van der Waals surface area contributed by atoms with Crippen molar-refractivity contribution >= 4 is 5.78 Å². The average Bonchev–Trinajstić information content (AvgIpc) is 1.98. The summed E-state index contributed by atoms with van der Waals surface area (Å²) in [5.74, 6) is 0.0463. The topological polar surface area (TPSA) is 40.1 Å². The Labute approximate surface area is 47.8 Å². The molecule has 1 aliphatic carbocycles. The van der Waals surface area contributed by atoms with Crippen molar-refractivity contribution in [2.75, 3.05) is 0 Å². The van der Waals surface area contributed by atoms with E-state index in [1.165, 1.54) is 0 Å². The number of hydrogen-bond donors (Lipinski definition) is 0. The SMILES string of the molecule is CC1=C([O-])CCC1=O. The maximum atomic E-state index is 10.5. The van der Waals surface area contributed by atoms with Crippen LogP contribution in [-0.2, 0) is 4.79 Å². The van der Waals surface area contributed by atoms with Crippen molar-refractivity contribution in [3.63, 3.8) is 0 Å².